The lowest BCUT2D eigenvalue weighted by Crippen LogP contribution is -2.07. The minimum Gasteiger partial charge on any atom is -0.383 e. The first-order chi connectivity index (χ1) is 9.47. The average Bonchev–Trinajstić information content (AvgIpc) is 2.39. The second-order valence-electron chi connectivity index (χ2n) is 4.63. The van der Waals surface area contributed by atoms with E-state index in [-0.39, 0.29) is 0 Å². The Bertz CT molecular complexity index is 619. The number of nitrogen functional groups attached to an aromatic ring is 1. The van der Waals surface area contributed by atoms with Crippen molar-refractivity contribution in [2.45, 2.75) is 30.4 Å². The molecule has 106 valence electrons. The Morgan fingerprint density at radius 1 is 1.35 bits per heavy atom. The maximum absolute atomic E-state index is 5.97. The first kappa shape index (κ1) is 15.9. The number of halogens is 2. The van der Waals surface area contributed by atoms with Crippen LogP contribution >= 0.6 is 46.0 Å². The maximum atomic E-state index is 5.97. The molecule has 0 spiro atoms. The Kier molecular flexibility index (Phi) is 5.51. The Hall–Kier alpha value is -0.530. The second kappa shape index (κ2) is 6.95. The molecule has 2 aromatic rings. The van der Waals surface area contributed by atoms with Gasteiger partial charge in [0.15, 0.2) is 0 Å². The van der Waals surface area contributed by atoms with E-state index in [0.717, 1.165) is 25.0 Å². The van der Waals surface area contributed by atoms with Crippen LogP contribution in [0.4, 0.5) is 5.82 Å². The van der Waals surface area contributed by atoms with Crippen LogP contribution in [0.1, 0.15) is 31.3 Å². The summed E-state index contributed by atoms with van der Waals surface area (Å²) in [4.78, 5) is 10.1. The summed E-state index contributed by atoms with van der Waals surface area (Å²) in [5.74, 6) is 2.34. The van der Waals surface area contributed by atoms with Crippen LogP contribution in [0.15, 0.2) is 29.2 Å². The molecule has 0 unspecified atom stereocenters. The van der Waals surface area contributed by atoms with Gasteiger partial charge in [0.05, 0.1) is 15.0 Å². The Balaban J connectivity index is 2.18. The second-order valence-corrected chi connectivity index (χ2v) is 7.19. The molecule has 3 nitrogen and oxygen atoms in total. The van der Waals surface area contributed by atoms with E-state index in [4.69, 9.17) is 17.3 Å². The number of nitrogens with two attached hydrogens (primary N) is 1. The molecule has 0 bridgehead atoms. The van der Waals surface area contributed by atoms with Crippen molar-refractivity contribution in [3.63, 3.8) is 0 Å². The summed E-state index contributed by atoms with van der Waals surface area (Å²) in [6.07, 6.45) is 0. The van der Waals surface area contributed by atoms with Crippen molar-refractivity contribution in [2.24, 2.45) is 0 Å². The van der Waals surface area contributed by atoms with Crippen LogP contribution < -0.4 is 5.73 Å². The fourth-order valence-electron chi connectivity index (χ4n) is 1.68. The van der Waals surface area contributed by atoms with E-state index in [0.29, 0.717) is 17.5 Å². The van der Waals surface area contributed by atoms with Crippen molar-refractivity contribution >= 4 is 51.8 Å². The molecule has 6 heteroatoms. The SMILES string of the molecule is CC(C)c1nc(CSc2cccc(Cl)c2)nc(N)c1I. The van der Waals surface area contributed by atoms with Crippen LogP contribution in [0.5, 0.6) is 0 Å². The van der Waals surface area contributed by atoms with E-state index in [1.807, 2.05) is 24.3 Å². The quantitative estimate of drug-likeness (QED) is 0.575. The molecular formula is C14H15ClIN3S. The normalized spacial score (nSPS) is 11.1. The molecule has 1 aromatic heterocycles. The highest BCUT2D eigenvalue weighted by molar-refractivity contribution is 14.1. The van der Waals surface area contributed by atoms with E-state index in [1.165, 1.54) is 0 Å². The van der Waals surface area contributed by atoms with Gasteiger partial charge in [-0.15, -0.1) is 11.8 Å². The number of anilines is 1. The Morgan fingerprint density at radius 3 is 2.75 bits per heavy atom. The van der Waals surface area contributed by atoms with Crippen molar-refractivity contribution in [3.8, 4) is 0 Å². The van der Waals surface area contributed by atoms with Gasteiger partial charge in [-0.2, -0.15) is 0 Å². The molecule has 1 heterocycles. The van der Waals surface area contributed by atoms with Gasteiger partial charge in [0.25, 0.3) is 0 Å². The number of aromatic nitrogens is 2. The molecule has 0 atom stereocenters. The summed E-state index contributed by atoms with van der Waals surface area (Å²) in [6, 6.07) is 7.76. The standard InChI is InChI=1S/C14H15ClIN3S/c1-8(2)13-12(16)14(17)19-11(18-13)7-20-10-5-3-4-9(15)6-10/h3-6,8H,7H2,1-2H3,(H2,17,18,19). The zero-order valence-electron chi connectivity index (χ0n) is 11.2. The zero-order valence-corrected chi connectivity index (χ0v) is 15.0. The monoisotopic (exact) mass is 419 g/mol. The highest BCUT2D eigenvalue weighted by atomic mass is 127. The molecule has 0 aliphatic carbocycles. The fraction of sp³-hybridized carbons (Fsp3) is 0.286. The van der Waals surface area contributed by atoms with Crippen LogP contribution in [-0.4, -0.2) is 9.97 Å². The van der Waals surface area contributed by atoms with E-state index in [9.17, 15) is 0 Å². The lowest BCUT2D eigenvalue weighted by atomic mass is 10.1. The van der Waals surface area contributed by atoms with E-state index < -0.39 is 0 Å². The summed E-state index contributed by atoms with van der Waals surface area (Å²) in [5.41, 5.74) is 6.98. The molecular weight excluding hydrogens is 405 g/mol. The number of hydrogen-bond acceptors (Lipinski definition) is 4. The molecule has 2 N–H and O–H groups in total. The third-order valence-corrected chi connectivity index (χ3v) is 4.99. The van der Waals surface area contributed by atoms with E-state index in [1.54, 1.807) is 11.8 Å². The van der Waals surface area contributed by atoms with Gasteiger partial charge < -0.3 is 5.73 Å². The number of nitrogens with zero attached hydrogens (tertiary/aromatic N) is 2. The summed E-state index contributed by atoms with van der Waals surface area (Å²) in [5, 5.41) is 0.737. The molecule has 0 aliphatic rings. The lowest BCUT2D eigenvalue weighted by Gasteiger charge is -2.11. The predicted octanol–water partition coefficient (Wildman–Crippen LogP) is 4.73. The van der Waals surface area contributed by atoms with Crippen molar-refractivity contribution in [3.05, 3.63) is 44.4 Å². The third kappa shape index (κ3) is 3.99. The minimum absolute atomic E-state index is 0.335. The maximum Gasteiger partial charge on any atom is 0.141 e. The van der Waals surface area contributed by atoms with Gasteiger partial charge in [0.1, 0.15) is 11.6 Å². The molecule has 2 rings (SSSR count). The van der Waals surface area contributed by atoms with Gasteiger partial charge in [0, 0.05) is 9.92 Å². The van der Waals surface area contributed by atoms with Crippen LogP contribution in [0.2, 0.25) is 5.02 Å². The minimum atomic E-state index is 0.335. The first-order valence-electron chi connectivity index (χ1n) is 6.17. The van der Waals surface area contributed by atoms with Crippen LogP contribution in [-0.2, 0) is 5.75 Å². The molecule has 0 aliphatic heterocycles. The number of hydrogen-bond donors (Lipinski definition) is 1. The molecule has 20 heavy (non-hydrogen) atoms. The largest absolute Gasteiger partial charge is 0.383 e. The summed E-state index contributed by atoms with van der Waals surface area (Å²) < 4.78 is 0.953. The zero-order chi connectivity index (χ0) is 14.7. The van der Waals surface area contributed by atoms with Crippen molar-refractivity contribution < 1.29 is 0 Å². The smallest absolute Gasteiger partial charge is 0.141 e. The van der Waals surface area contributed by atoms with Gasteiger partial charge in [-0.1, -0.05) is 31.5 Å². The van der Waals surface area contributed by atoms with E-state index in [2.05, 4.69) is 46.4 Å². The molecule has 1 aromatic carbocycles. The van der Waals surface area contributed by atoms with Gasteiger partial charge in [-0.25, -0.2) is 9.97 Å². The number of rotatable bonds is 4. The summed E-state index contributed by atoms with van der Waals surface area (Å²) >= 11 is 9.84. The molecule has 0 amide bonds. The topological polar surface area (TPSA) is 51.8 Å². The van der Waals surface area contributed by atoms with Crippen molar-refractivity contribution in [2.75, 3.05) is 5.73 Å². The Labute approximate surface area is 141 Å². The molecule has 0 radical (unpaired) electrons. The summed E-state index contributed by atoms with van der Waals surface area (Å²) in [7, 11) is 0. The highest BCUT2D eigenvalue weighted by Crippen LogP contribution is 2.27. The molecule has 0 saturated carbocycles. The number of thioether (sulfide) groups is 1. The average molecular weight is 420 g/mol. The highest BCUT2D eigenvalue weighted by Gasteiger charge is 2.13. The molecule has 0 saturated heterocycles. The summed E-state index contributed by atoms with van der Waals surface area (Å²) in [6.45, 7) is 4.22. The third-order valence-electron chi connectivity index (χ3n) is 2.66. The van der Waals surface area contributed by atoms with Gasteiger partial charge in [0.2, 0.25) is 0 Å². The van der Waals surface area contributed by atoms with Crippen LogP contribution in [0.25, 0.3) is 0 Å². The van der Waals surface area contributed by atoms with E-state index >= 15 is 0 Å². The molecule has 0 fully saturated rings. The van der Waals surface area contributed by atoms with Crippen molar-refractivity contribution in [1.29, 1.82) is 0 Å². The van der Waals surface area contributed by atoms with Crippen LogP contribution in [0.3, 0.4) is 0 Å². The fourth-order valence-corrected chi connectivity index (χ4v) is 3.61. The first-order valence-corrected chi connectivity index (χ1v) is 8.61. The Morgan fingerprint density at radius 2 is 2.10 bits per heavy atom. The number of benzene rings is 1. The predicted molar refractivity (Wildman–Crippen MR) is 94.3 cm³/mol. The van der Waals surface area contributed by atoms with Gasteiger partial charge in [-0.05, 0) is 46.7 Å². The van der Waals surface area contributed by atoms with Gasteiger partial charge >= 0.3 is 0 Å². The van der Waals surface area contributed by atoms with Crippen LogP contribution in [0, 0.1) is 3.57 Å². The lowest BCUT2D eigenvalue weighted by molar-refractivity contribution is 0.793. The van der Waals surface area contributed by atoms with Crippen molar-refractivity contribution in [1.82, 2.24) is 9.97 Å². The van der Waals surface area contributed by atoms with Gasteiger partial charge in [-0.3, -0.25) is 0 Å².